The third-order valence-electron chi connectivity index (χ3n) is 1.17. The maximum Gasteiger partial charge on any atom is 0.242 e. The predicted molar refractivity (Wildman–Crippen MR) is 38.6 cm³/mol. The monoisotopic (exact) mass is 127 g/mol. The molecule has 1 amide bonds. The van der Waals surface area contributed by atoms with Crippen LogP contribution in [0.1, 0.15) is 27.7 Å². The summed E-state index contributed by atoms with van der Waals surface area (Å²) in [5, 5.41) is 0. The van der Waals surface area contributed by atoms with Gasteiger partial charge in [-0.15, -0.1) is 0 Å². The van der Waals surface area contributed by atoms with Crippen LogP contribution in [0, 0.1) is 5.92 Å². The smallest absolute Gasteiger partial charge is 0.242 e. The van der Waals surface area contributed by atoms with Crippen molar-refractivity contribution in [2.75, 3.05) is 0 Å². The fourth-order valence-corrected chi connectivity index (χ4v) is 0.377. The van der Waals surface area contributed by atoms with Crippen molar-refractivity contribution >= 4 is 11.6 Å². The van der Waals surface area contributed by atoms with Crippen molar-refractivity contribution in [1.82, 2.24) is 0 Å². The zero-order chi connectivity index (χ0) is 7.44. The predicted octanol–water partition coefficient (Wildman–Crippen LogP) is 1.65. The molecular formula is C7H13NO. The van der Waals surface area contributed by atoms with Crippen molar-refractivity contribution < 1.29 is 4.79 Å². The quantitative estimate of drug-likeness (QED) is 0.492. The minimum absolute atomic E-state index is 0.110. The zero-order valence-electron chi connectivity index (χ0n) is 6.43. The Morgan fingerprint density at radius 2 is 1.78 bits per heavy atom. The molecule has 0 aliphatic carbocycles. The molecule has 0 unspecified atom stereocenters. The summed E-state index contributed by atoms with van der Waals surface area (Å²) in [6, 6.07) is 0. The third-order valence-corrected chi connectivity index (χ3v) is 1.17. The first-order chi connectivity index (χ1) is 4.04. The minimum Gasteiger partial charge on any atom is -0.273 e. The average molecular weight is 127 g/mol. The van der Waals surface area contributed by atoms with Crippen LogP contribution in [0.3, 0.4) is 0 Å². The van der Waals surface area contributed by atoms with E-state index in [1.807, 2.05) is 20.8 Å². The fraction of sp³-hybridized carbons (Fsp3) is 0.714. The Bertz CT molecular complexity index is 136. The van der Waals surface area contributed by atoms with E-state index in [0.717, 1.165) is 5.71 Å². The summed E-state index contributed by atoms with van der Waals surface area (Å²) in [5.41, 5.74) is 0.905. The number of carbonyl (C=O) groups is 1. The number of carbonyl (C=O) groups excluding carboxylic acids is 1. The maximum atomic E-state index is 10.4. The van der Waals surface area contributed by atoms with E-state index in [4.69, 9.17) is 0 Å². The van der Waals surface area contributed by atoms with Gasteiger partial charge in [0.15, 0.2) is 0 Å². The van der Waals surface area contributed by atoms with Gasteiger partial charge in [0, 0.05) is 12.6 Å². The molecule has 0 bridgehead atoms. The van der Waals surface area contributed by atoms with Gasteiger partial charge in [0.25, 0.3) is 0 Å². The number of hydrogen-bond acceptors (Lipinski definition) is 1. The summed E-state index contributed by atoms with van der Waals surface area (Å²) in [6.07, 6.45) is 0. The molecule has 0 saturated carbocycles. The summed E-state index contributed by atoms with van der Waals surface area (Å²) < 4.78 is 0. The first-order valence-corrected chi connectivity index (χ1v) is 3.09. The van der Waals surface area contributed by atoms with Crippen LogP contribution >= 0.6 is 0 Å². The SMILES string of the molecule is CC(=O)N=C(C)C(C)C. The highest BCUT2D eigenvalue weighted by Crippen LogP contribution is 1.95. The molecule has 0 heterocycles. The maximum absolute atomic E-state index is 10.4. The van der Waals surface area contributed by atoms with Crippen LogP contribution in [0.2, 0.25) is 0 Å². The Balaban J connectivity index is 4.00. The number of amides is 1. The molecule has 0 radical (unpaired) electrons. The van der Waals surface area contributed by atoms with Crippen LogP contribution in [0.4, 0.5) is 0 Å². The van der Waals surface area contributed by atoms with E-state index in [0.29, 0.717) is 5.92 Å². The summed E-state index contributed by atoms with van der Waals surface area (Å²) >= 11 is 0. The van der Waals surface area contributed by atoms with E-state index in [2.05, 4.69) is 4.99 Å². The van der Waals surface area contributed by atoms with Gasteiger partial charge >= 0.3 is 0 Å². The lowest BCUT2D eigenvalue weighted by atomic mass is 10.1. The minimum atomic E-state index is -0.110. The molecule has 0 atom stereocenters. The van der Waals surface area contributed by atoms with Gasteiger partial charge in [0.05, 0.1) is 0 Å². The molecule has 52 valence electrons. The number of hydrogen-bond donors (Lipinski definition) is 0. The first-order valence-electron chi connectivity index (χ1n) is 3.09. The molecule has 0 N–H and O–H groups in total. The Morgan fingerprint density at radius 3 is 1.89 bits per heavy atom. The van der Waals surface area contributed by atoms with Crippen molar-refractivity contribution in [3.63, 3.8) is 0 Å². The first kappa shape index (κ1) is 8.34. The normalized spacial score (nSPS) is 12.3. The molecule has 0 fully saturated rings. The molecular weight excluding hydrogens is 114 g/mol. The Kier molecular flexibility index (Phi) is 3.13. The van der Waals surface area contributed by atoms with E-state index in [1.54, 1.807) is 0 Å². The van der Waals surface area contributed by atoms with Crippen molar-refractivity contribution in [2.45, 2.75) is 27.7 Å². The van der Waals surface area contributed by atoms with Crippen molar-refractivity contribution in [3.8, 4) is 0 Å². The van der Waals surface area contributed by atoms with Gasteiger partial charge in [-0.2, -0.15) is 0 Å². The molecule has 0 spiro atoms. The van der Waals surface area contributed by atoms with Crippen LogP contribution in [-0.4, -0.2) is 11.6 Å². The van der Waals surface area contributed by atoms with Crippen LogP contribution in [-0.2, 0) is 4.79 Å². The molecule has 0 aliphatic rings. The lowest BCUT2D eigenvalue weighted by Gasteiger charge is -1.99. The topological polar surface area (TPSA) is 29.4 Å². The van der Waals surface area contributed by atoms with Gasteiger partial charge < -0.3 is 0 Å². The summed E-state index contributed by atoms with van der Waals surface area (Å²) in [5.74, 6) is 0.273. The van der Waals surface area contributed by atoms with Crippen LogP contribution in [0.15, 0.2) is 4.99 Å². The summed E-state index contributed by atoms with van der Waals surface area (Å²) in [6.45, 7) is 7.36. The van der Waals surface area contributed by atoms with E-state index in [9.17, 15) is 4.79 Å². The molecule has 0 aromatic carbocycles. The van der Waals surface area contributed by atoms with E-state index in [1.165, 1.54) is 6.92 Å². The van der Waals surface area contributed by atoms with Crippen molar-refractivity contribution in [3.05, 3.63) is 0 Å². The average Bonchev–Trinajstić information content (AvgIpc) is 1.63. The Morgan fingerprint density at radius 1 is 1.33 bits per heavy atom. The second-order valence-electron chi connectivity index (χ2n) is 2.43. The molecule has 9 heavy (non-hydrogen) atoms. The highest BCUT2D eigenvalue weighted by molar-refractivity contribution is 5.94. The van der Waals surface area contributed by atoms with Crippen molar-refractivity contribution in [2.24, 2.45) is 10.9 Å². The Hall–Kier alpha value is -0.660. The number of nitrogens with zero attached hydrogens (tertiary/aromatic N) is 1. The summed E-state index contributed by atoms with van der Waals surface area (Å²) in [4.78, 5) is 14.1. The molecule has 0 aromatic heterocycles. The van der Waals surface area contributed by atoms with Crippen LogP contribution in [0.25, 0.3) is 0 Å². The van der Waals surface area contributed by atoms with Gasteiger partial charge in [-0.05, 0) is 12.8 Å². The van der Waals surface area contributed by atoms with Gasteiger partial charge in [0.2, 0.25) is 5.91 Å². The molecule has 0 rings (SSSR count). The fourth-order valence-electron chi connectivity index (χ4n) is 0.377. The highest BCUT2D eigenvalue weighted by atomic mass is 16.1. The summed E-state index contributed by atoms with van der Waals surface area (Å²) in [7, 11) is 0. The highest BCUT2D eigenvalue weighted by Gasteiger charge is 1.97. The van der Waals surface area contributed by atoms with Crippen molar-refractivity contribution in [1.29, 1.82) is 0 Å². The number of aliphatic imine (C=N–C) groups is 1. The zero-order valence-corrected chi connectivity index (χ0v) is 6.43. The van der Waals surface area contributed by atoms with Gasteiger partial charge in [0.1, 0.15) is 0 Å². The van der Waals surface area contributed by atoms with E-state index >= 15 is 0 Å². The standard InChI is InChI=1S/C7H13NO/c1-5(2)6(3)8-7(4)9/h5H,1-4H3. The third kappa shape index (κ3) is 3.88. The number of rotatable bonds is 1. The second-order valence-corrected chi connectivity index (χ2v) is 2.43. The van der Waals surface area contributed by atoms with Gasteiger partial charge in [-0.25, -0.2) is 4.99 Å². The van der Waals surface area contributed by atoms with Gasteiger partial charge in [-0.1, -0.05) is 13.8 Å². The lowest BCUT2D eigenvalue weighted by Crippen LogP contribution is -2.03. The largest absolute Gasteiger partial charge is 0.273 e. The Labute approximate surface area is 56.0 Å². The molecule has 0 aromatic rings. The molecule has 2 nitrogen and oxygen atoms in total. The second kappa shape index (κ2) is 3.38. The molecule has 0 saturated heterocycles. The van der Waals surface area contributed by atoms with E-state index in [-0.39, 0.29) is 5.91 Å². The lowest BCUT2D eigenvalue weighted by molar-refractivity contribution is -0.115. The van der Waals surface area contributed by atoms with Crippen LogP contribution in [0.5, 0.6) is 0 Å². The molecule has 0 aliphatic heterocycles. The van der Waals surface area contributed by atoms with Crippen LogP contribution < -0.4 is 0 Å². The van der Waals surface area contributed by atoms with E-state index < -0.39 is 0 Å². The van der Waals surface area contributed by atoms with Gasteiger partial charge in [-0.3, -0.25) is 4.79 Å². The molecule has 2 heteroatoms.